The molecule has 35 heavy (non-hydrogen) atoms. The molecule has 3 aliphatic heterocycles. The number of amides is 1. The van der Waals surface area contributed by atoms with Gasteiger partial charge in [0.15, 0.2) is 17.6 Å². The first kappa shape index (κ1) is 26.9. The molecule has 0 aliphatic carbocycles. The Balaban J connectivity index is 0.000000429. The van der Waals surface area contributed by atoms with Gasteiger partial charge in [0, 0.05) is 38.3 Å². The van der Waals surface area contributed by atoms with Gasteiger partial charge in [0.1, 0.15) is 5.75 Å². The molecule has 1 amide bonds. The second kappa shape index (κ2) is 11.8. The van der Waals surface area contributed by atoms with E-state index in [-0.39, 0.29) is 19.3 Å². The van der Waals surface area contributed by atoms with Crippen LogP contribution in [0.5, 0.6) is 17.2 Å². The Labute approximate surface area is 201 Å². The first-order valence-corrected chi connectivity index (χ1v) is 11.6. The zero-order valence-corrected chi connectivity index (χ0v) is 19.5. The molecule has 3 aliphatic rings. The minimum atomic E-state index is -5.08. The lowest BCUT2D eigenvalue weighted by Crippen LogP contribution is -2.51. The zero-order valence-electron chi connectivity index (χ0n) is 19.5. The number of alkyl halides is 3. The van der Waals surface area contributed by atoms with Crippen LogP contribution in [0.2, 0.25) is 0 Å². The number of hydrogen-bond donors (Lipinski definition) is 2. The van der Waals surface area contributed by atoms with Crippen LogP contribution in [0.25, 0.3) is 0 Å². The highest BCUT2D eigenvalue weighted by Crippen LogP contribution is 2.35. The highest BCUT2D eigenvalue weighted by atomic mass is 19.4. The third kappa shape index (κ3) is 7.38. The van der Waals surface area contributed by atoms with E-state index < -0.39 is 18.2 Å². The Morgan fingerprint density at radius 3 is 2.43 bits per heavy atom. The molecule has 0 aromatic heterocycles. The molecule has 0 spiro atoms. The predicted molar refractivity (Wildman–Crippen MR) is 117 cm³/mol. The monoisotopic (exact) mass is 504 g/mol. The number of ether oxygens (including phenoxy) is 3. The molecule has 4 rings (SSSR count). The van der Waals surface area contributed by atoms with Crippen molar-refractivity contribution in [1.82, 2.24) is 9.80 Å². The molecule has 2 N–H and O–H groups in total. The number of halogens is 3. The lowest BCUT2D eigenvalue weighted by molar-refractivity contribution is -0.192. The molecule has 0 radical (unpaired) electrons. The van der Waals surface area contributed by atoms with Crippen LogP contribution < -0.4 is 14.2 Å². The van der Waals surface area contributed by atoms with Gasteiger partial charge < -0.3 is 29.3 Å². The summed E-state index contributed by atoms with van der Waals surface area (Å²) < 4.78 is 48.3. The van der Waals surface area contributed by atoms with E-state index >= 15 is 0 Å². The highest BCUT2D eigenvalue weighted by Gasteiger charge is 2.38. The molecule has 0 bridgehead atoms. The van der Waals surface area contributed by atoms with Crippen molar-refractivity contribution in [2.24, 2.45) is 5.92 Å². The first-order valence-electron chi connectivity index (χ1n) is 11.6. The predicted octanol–water partition coefficient (Wildman–Crippen LogP) is 2.51. The molecule has 9 nitrogen and oxygen atoms in total. The Morgan fingerprint density at radius 2 is 1.80 bits per heavy atom. The van der Waals surface area contributed by atoms with Crippen LogP contribution in [0.15, 0.2) is 18.2 Å². The standard InChI is InChI=1S/C21H30N2O5.C2HF3O2/c1-15(28-18-4-5-19-20(11-18)27-14-26-19)21(25)22-9-6-17(7-10-22)23-8-2-3-16(12-23)13-24;3-2(4,5)1(6)7/h4-5,11,15-17,24H,2-3,6-10,12-14H2,1H3;(H,6,7). The van der Waals surface area contributed by atoms with Crippen molar-refractivity contribution in [3.63, 3.8) is 0 Å². The fourth-order valence-corrected chi connectivity index (χ4v) is 4.49. The molecule has 2 fully saturated rings. The van der Waals surface area contributed by atoms with Crippen LogP contribution in [-0.2, 0) is 9.59 Å². The maximum absolute atomic E-state index is 12.8. The van der Waals surface area contributed by atoms with Crippen molar-refractivity contribution in [1.29, 1.82) is 0 Å². The summed E-state index contributed by atoms with van der Waals surface area (Å²) in [6, 6.07) is 5.89. The summed E-state index contributed by atoms with van der Waals surface area (Å²) >= 11 is 0. The number of carboxylic acids is 1. The van der Waals surface area contributed by atoms with Crippen molar-refractivity contribution in [2.45, 2.75) is 50.9 Å². The van der Waals surface area contributed by atoms with Crippen molar-refractivity contribution in [2.75, 3.05) is 39.6 Å². The Kier molecular flexibility index (Phi) is 9.06. The van der Waals surface area contributed by atoms with Gasteiger partial charge in [-0.2, -0.15) is 13.2 Å². The average Bonchev–Trinajstić information content (AvgIpc) is 3.31. The van der Waals surface area contributed by atoms with Crippen LogP contribution in [0.1, 0.15) is 32.6 Å². The minimum absolute atomic E-state index is 0.0306. The summed E-state index contributed by atoms with van der Waals surface area (Å²) in [6.45, 7) is 5.92. The molecule has 196 valence electrons. The van der Waals surface area contributed by atoms with Gasteiger partial charge in [0.05, 0.1) is 0 Å². The molecule has 3 heterocycles. The number of carbonyl (C=O) groups excluding carboxylic acids is 1. The molecular formula is C23H31F3N2O7. The molecule has 12 heteroatoms. The van der Waals surface area contributed by atoms with E-state index in [0.717, 1.165) is 51.9 Å². The van der Waals surface area contributed by atoms with E-state index in [0.29, 0.717) is 29.2 Å². The number of carbonyl (C=O) groups is 2. The second-order valence-electron chi connectivity index (χ2n) is 8.82. The molecule has 2 unspecified atom stereocenters. The molecular weight excluding hydrogens is 473 g/mol. The number of likely N-dealkylation sites (tertiary alicyclic amines) is 2. The van der Waals surface area contributed by atoms with Gasteiger partial charge in [-0.3, -0.25) is 9.69 Å². The van der Waals surface area contributed by atoms with Crippen molar-refractivity contribution < 1.29 is 47.2 Å². The maximum atomic E-state index is 12.8. The second-order valence-corrected chi connectivity index (χ2v) is 8.82. The summed E-state index contributed by atoms with van der Waals surface area (Å²) in [5.41, 5.74) is 0. The maximum Gasteiger partial charge on any atom is 0.490 e. The average molecular weight is 505 g/mol. The van der Waals surface area contributed by atoms with Crippen molar-refractivity contribution in [3.05, 3.63) is 18.2 Å². The van der Waals surface area contributed by atoms with Gasteiger partial charge >= 0.3 is 12.1 Å². The van der Waals surface area contributed by atoms with Gasteiger partial charge in [0.2, 0.25) is 6.79 Å². The Morgan fingerprint density at radius 1 is 1.14 bits per heavy atom. The molecule has 0 saturated carbocycles. The van der Waals surface area contributed by atoms with Gasteiger partial charge in [-0.25, -0.2) is 4.79 Å². The number of aliphatic hydroxyl groups is 1. The van der Waals surface area contributed by atoms with E-state index in [2.05, 4.69) is 4.90 Å². The summed E-state index contributed by atoms with van der Waals surface area (Å²) in [6.07, 6.45) is -1.36. The lowest BCUT2D eigenvalue weighted by atomic mass is 9.94. The van der Waals surface area contributed by atoms with Crippen LogP contribution >= 0.6 is 0 Å². The third-order valence-corrected chi connectivity index (χ3v) is 6.35. The highest BCUT2D eigenvalue weighted by molar-refractivity contribution is 5.81. The van der Waals surface area contributed by atoms with Gasteiger partial charge in [-0.05, 0) is 57.2 Å². The van der Waals surface area contributed by atoms with Crippen LogP contribution in [0.4, 0.5) is 13.2 Å². The summed E-state index contributed by atoms with van der Waals surface area (Å²) in [4.78, 5) is 26.1. The number of piperidine rings is 2. The quantitative estimate of drug-likeness (QED) is 0.630. The number of carboxylic acid groups (broad SMARTS) is 1. The van der Waals surface area contributed by atoms with E-state index in [4.69, 9.17) is 24.1 Å². The Hall–Kier alpha value is -2.73. The molecule has 2 atom stereocenters. The lowest BCUT2D eigenvalue weighted by Gasteiger charge is -2.42. The topological polar surface area (TPSA) is 109 Å². The fourth-order valence-electron chi connectivity index (χ4n) is 4.49. The number of aliphatic hydroxyl groups excluding tert-OH is 1. The SMILES string of the molecule is CC(Oc1ccc2c(c1)OCO2)C(=O)N1CCC(N2CCCC(CO)C2)CC1.O=C(O)C(F)(F)F. The summed E-state index contributed by atoms with van der Waals surface area (Å²) in [7, 11) is 0. The van der Waals surface area contributed by atoms with Crippen LogP contribution in [0, 0.1) is 5.92 Å². The first-order chi connectivity index (χ1) is 16.6. The Bertz CT molecular complexity index is 875. The van der Waals surface area contributed by atoms with E-state index in [9.17, 15) is 23.1 Å². The normalized spacial score (nSPS) is 21.6. The number of nitrogens with zero attached hydrogens (tertiary/aromatic N) is 2. The van der Waals surface area contributed by atoms with Crippen LogP contribution in [-0.4, -0.2) is 89.8 Å². The summed E-state index contributed by atoms with van der Waals surface area (Å²) in [5, 5.41) is 16.6. The van der Waals surface area contributed by atoms with Crippen molar-refractivity contribution >= 4 is 11.9 Å². The molecule has 1 aromatic rings. The van der Waals surface area contributed by atoms with Gasteiger partial charge in [-0.15, -0.1) is 0 Å². The number of rotatable bonds is 5. The zero-order chi connectivity index (χ0) is 25.6. The number of fused-ring (bicyclic) bond motifs is 1. The van der Waals surface area contributed by atoms with Crippen molar-refractivity contribution in [3.8, 4) is 17.2 Å². The number of hydrogen-bond acceptors (Lipinski definition) is 7. The summed E-state index contributed by atoms with van der Waals surface area (Å²) in [5.74, 6) is -0.349. The number of aliphatic carboxylic acids is 1. The third-order valence-electron chi connectivity index (χ3n) is 6.35. The van der Waals surface area contributed by atoms with Gasteiger partial charge in [0.25, 0.3) is 5.91 Å². The smallest absolute Gasteiger partial charge is 0.481 e. The van der Waals surface area contributed by atoms with E-state index in [1.807, 2.05) is 4.90 Å². The van der Waals surface area contributed by atoms with E-state index in [1.54, 1.807) is 25.1 Å². The molecule has 1 aromatic carbocycles. The number of benzene rings is 1. The minimum Gasteiger partial charge on any atom is -0.481 e. The fraction of sp³-hybridized carbons (Fsp3) is 0.652. The van der Waals surface area contributed by atoms with E-state index in [1.165, 1.54) is 0 Å². The largest absolute Gasteiger partial charge is 0.490 e. The van der Waals surface area contributed by atoms with Gasteiger partial charge in [-0.1, -0.05) is 0 Å². The molecule has 2 saturated heterocycles. The van der Waals surface area contributed by atoms with Crippen LogP contribution in [0.3, 0.4) is 0 Å².